The summed E-state index contributed by atoms with van der Waals surface area (Å²) in [4.78, 5) is 16.4. The molecule has 5 rings (SSSR count). The third-order valence-corrected chi connectivity index (χ3v) is 5.04. The Hall–Kier alpha value is -3.77. The third kappa shape index (κ3) is 3.30. The summed E-state index contributed by atoms with van der Waals surface area (Å²) in [6.07, 6.45) is 4.66. The smallest absolute Gasteiger partial charge is 0.137 e. The van der Waals surface area contributed by atoms with Gasteiger partial charge >= 0.3 is 0 Å². The molecule has 0 aliphatic heterocycles. The van der Waals surface area contributed by atoms with Crippen molar-refractivity contribution in [3.05, 3.63) is 84.9 Å². The lowest BCUT2D eigenvalue weighted by atomic mass is 10.0. The Balaban J connectivity index is 1.49. The number of aliphatic hydroxyl groups is 1. The van der Waals surface area contributed by atoms with Crippen LogP contribution in [0.5, 0.6) is 0 Å². The molecule has 0 bridgehead atoms. The normalized spacial score (nSPS) is 12.3. The molecule has 0 saturated carbocycles. The van der Waals surface area contributed by atoms with Crippen LogP contribution < -0.4 is 5.32 Å². The van der Waals surface area contributed by atoms with Crippen LogP contribution in [-0.4, -0.2) is 31.6 Å². The molecule has 3 aromatic heterocycles. The first kappa shape index (κ1) is 17.3. The van der Waals surface area contributed by atoms with Crippen molar-refractivity contribution in [2.24, 2.45) is 0 Å². The summed E-state index contributed by atoms with van der Waals surface area (Å²) in [5, 5.41) is 15.7. The lowest BCUT2D eigenvalue weighted by Crippen LogP contribution is -2.13. The Morgan fingerprint density at radius 2 is 1.83 bits per heavy atom. The van der Waals surface area contributed by atoms with Gasteiger partial charge in [0.05, 0.1) is 11.6 Å². The summed E-state index contributed by atoms with van der Waals surface area (Å²) in [5.74, 6) is 0.699. The largest absolute Gasteiger partial charge is 0.387 e. The zero-order chi connectivity index (χ0) is 19.6. The summed E-state index contributed by atoms with van der Waals surface area (Å²) < 4.78 is 0. The van der Waals surface area contributed by atoms with E-state index in [1.165, 1.54) is 6.33 Å². The first-order chi connectivity index (χ1) is 14.3. The van der Waals surface area contributed by atoms with Crippen LogP contribution >= 0.6 is 0 Å². The number of aromatic nitrogens is 4. The van der Waals surface area contributed by atoms with Crippen molar-refractivity contribution in [3.8, 4) is 11.1 Å². The van der Waals surface area contributed by atoms with Crippen LogP contribution in [0.15, 0.2) is 79.4 Å². The van der Waals surface area contributed by atoms with Crippen LogP contribution in [0.3, 0.4) is 0 Å². The van der Waals surface area contributed by atoms with Crippen LogP contribution in [0.25, 0.3) is 33.1 Å². The van der Waals surface area contributed by atoms with Gasteiger partial charge in [0, 0.05) is 35.3 Å². The monoisotopic (exact) mass is 381 g/mol. The van der Waals surface area contributed by atoms with Crippen LogP contribution in [0.4, 0.5) is 5.82 Å². The molecule has 0 radical (unpaired) electrons. The van der Waals surface area contributed by atoms with Gasteiger partial charge in [0.15, 0.2) is 0 Å². The molecule has 29 heavy (non-hydrogen) atoms. The van der Waals surface area contributed by atoms with Crippen LogP contribution in [0.1, 0.15) is 11.7 Å². The second-order valence-electron chi connectivity index (χ2n) is 6.86. The minimum Gasteiger partial charge on any atom is -0.387 e. The van der Waals surface area contributed by atoms with E-state index in [1.807, 2.05) is 54.7 Å². The molecule has 3 heterocycles. The fraction of sp³-hybridized carbons (Fsp3) is 0.0870. The van der Waals surface area contributed by atoms with Gasteiger partial charge in [0.2, 0.25) is 0 Å². The van der Waals surface area contributed by atoms with Gasteiger partial charge in [-0.2, -0.15) is 0 Å². The Morgan fingerprint density at radius 1 is 0.931 bits per heavy atom. The molecule has 0 aliphatic carbocycles. The van der Waals surface area contributed by atoms with Gasteiger partial charge in [-0.05, 0) is 35.4 Å². The Morgan fingerprint density at radius 3 is 2.72 bits per heavy atom. The SMILES string of the molecule is OC(CNc1ncnc2ccc(-c3c[nH]c4ncccc34)cc12)c1ccccc1. The van der Waals surface area contributed by atoms with Crippen molar-refractivity contribution in [2.75, 3.05) is 11.9 Å². The number of nitrogens with zero attached hydrogens (tertiary/aromatic N) is 3. The number of H-pyrrole nitrogens is 1. The predicted molar refractivity (Wildman–Crippen MR) is 115 cm³/mol. The molecule has 0 fully saturated rings. The van der Waals surface area contributed by atoms with Gasteiger partial charge in [-0.3, -0.25) is 0 Å². The standard InChI is InChI=1S/C23H19N5O/c29-21(15-5-2-1-3-6-15)13-26-23-18-11-16(8-9-20(18)27-14-28-23)19-12-25-22-17(19)7-4-10-24-22/h1-12,14,21,29H,13H2,(H,24,25)(H,26,27,28). The number of fused-ring (bicyclic) bond motifs is 2. The molecule has 0 spiro atoms. The number of aromatic amines is 1. The zero-order valence-electron chi connectivity index (χ0n) is 15.6. The highest BCUT2D eigenvalue weighted by molar-refractivity contribution is 5.98. The second-order valence-corrected chi connectivity index (χ2v) is 6.86. The van der Waals surface area contributed by atoms with E-state index < -0.39 is 6.10 Å². The van der Waals surface area contributed by atoms with Crippen LogP contribution in [0.2, 0.25) is 0 Å². The molecular weight excluding hydrogens is 362 g/mol. The Kier molecular flexibility index (Phi) is 4.38. The van der Waals surface area contributed by atoms with Crippen molar-refractivity contribution >= 4 is 27.8 Å². The number of aliphatic hydroxyl groups excluding tert-OH is 1. The molecule has 0 aliphatic rings. The Bertz CT molecular complexity index is 1280. The molecule has 1 unspecified atom stereocenters. The van der Waals surface area contributed by atoms with Gasteiger partial charge in [0.25, 0.3) is 0 Å². The molecule has 1 atom stereocenters. The molecule has 2 aromatic carbocycles. The highest BCUT2D eigenvalue weighted by Gasteiger charge is 2.12. The number of rotatable bonds is 5. The first-order valence-electron chi connectivity index (χ1n) is 9.44. The lowest BCUT2D eigenvalue weighted by Gasteiger charge is -2.14. The maximum atomic E-state index is 10.5. The van der Waals surface area contributed by atoms with Crippen molar-refractivity contribution in [2.45, 2.75) is 6.10 Å². The maximum Gasteiger partial charge on any atom is 0.137 e. The lowest BCUT2D eigenvalue weighted by molar-refractivity contribution is 0.191. The van der Waals surface area contributed by atoms with Crippen molar-refractivity contribution in [3.63, 3.8) is 0 Å². The van der Waals surface area contributed by atoms with E-state index in [2.05, 4.69) is 37.4 Å². The summed E-state index contributed by atoms with van der Waals surface area (Å²) in [5.41, 5.74) is 4.70. The average Bonchev–Trinajstić information content (AvgIpc) is 3.22. The maximum absolute atomic E-state index is 10.5. The van der Waals surface area contributed by atoms with E-state index in [4.69, 9.17) is 0 Å². The summed E-state index contributed by atoms with van der Waals surface area (Å²) >= 11 is 0. The van der Waals surface area contributed by atoms with E-state index >= 15 is 0 Å². The Labute approximate surface area is 167 Å². The van der Waals surface area contributed by atoms with Crippen LogP contribution in [0, 0.1) is 0 Å². The molecular formula is C23H19N5O. The van der Waals surface area contributed by atoms with Crippen molar-refractivity contribution in [1.29, 1.82) is 0 Å². The summed E-state index contributed by atoms with van der Waals surface area (Å²) in [6.45, 7) is 0.358. The molecule has 0 saturated heterocycles. The van der Waals surface area contributed by atoms with E-state index in [-0.39, 0.29) is 0 Å². The number of benzene rings is 2. The quantitative estimate of drug-likeness (QED) is 0.422. The average molecular weight is 381 g/mol. The van der Waals surface area contributed by atoms with Gasteiger partial charge < -0.3 is 15.4 Å². The van der Waals surface area contributed by atoms with E-state index in [1.54, 1.807) is 6.20 Å². The molecule has 3 N–H and O–H groups in total. The van der Waals surface area contributed by atoms with Gasteiger partial charge in [0.1, 0.15) is 17.8 Å². The highest BCUT2D eigenvalue weighted by Crippen LogP contribution is 2.31. The number of anilines is 1. The number of hydrogen-bond donors (Lipinski definition) is 3. The molecule has 5 aromatic rings. The summed E-state index contributed by atoms with van der Waals surface area (Å²) in [6, 6.07) is 19.7. The zero-order valence-corrected chi connectivity index (χ0v) is 15.6. The highest BCUT2D eigenvalue weighted by atomic mass is 16.3. The molecule has 6 nitrogen and oxygen atoms in total. The minimum absolute atomic E-state index is 0.358. The van der Waals surface area contributed by atoms with E-state index in [0.29, 0.717) is 12.4 Å². The first-order valence-corrected chi connectivity index (χ1v) is 9.44. The van der Waals surface area contributed by atoms with Gasteiger partial charge in [-0.1, -0.05) is 36.4 Å². The number of hydrogen-bond acceptors (Lipinski definition) is 5. The third-order valence-electron chi connectivity index (χ3n) is 5.04. The topological polar surface area (TPSA) is 86.7 Å². The van der Waals surface area contributed by atoms with E-state index in [0.717, 1.165) is 38.6 Å². The second kappa shape index (κ2) is 7.33. The molecule has 142 valence electrons. The van der Waals surface area contributed by atoms with Crippen molar-refractivity contribution in [1.82, 2.24) is 19.9 Å². The molecule has 6 heteroatoms. The predicted octanol–water partition coefficient (Wildman–Crippen LogP) is 4.32. The van der Waals surface area contributed by atoms with E-state index in [9.17, 15) is 5.11 Å². The molecule has 0 amide bonds. The summed E-state index contributed by atoms with van der Waals surface area (Å²) in [7, 11) is 0. The fourth-order valence-electron chi connectivity index (χ4n) is 3.55. The minimum atomic E-state index is -0.621. The van der Waals surface area contributed by atoms with Gasteiger partial charge in [-0.25, -0.2) is 15.0 Å². The number of nitrogens with one attached hydrogen (secondary N) is 2. The number of pyridine rings is 1. The van der Waals surface area contributed by atoms with Crippen molar-refractivity contribution < 1.29 is 5.11 Å². The van der Waals surface area contributed by atoms with Gasteiger partial charge in [-0.15, -0.1) is 0 Å². The fourth-order valence-corrected chi connectivity index (χ4v) is 3.55. The van der Waals surface area contributed by atoms with Crippen LogP contribution in [-0.2, 0) is 0 Å².